The largest absolute Gasteiger partial charge is 0.384 e. The van der Waals surface area contributed by atoms with E-state index in [1.165, 1.54) is 0 Å². The van der Waals surface area contributed by atoms with E-state index >= 15 is 0 Å². The fraction of sp³-hybridized carbons (Fsp3) is 0. The summed E-state index contributed by atoms with van der Waals surface area (Å²) in [5.41, 5.74) is 5.73. The van der Waals surface area contributed by atoms with Crippen LogP contribution in [0.5, 0.6) is 0 Å². The van der Waals surface area contributed by atoms with E-state index in [9.17, 15) is 0 Å². The fourth-order valence-electron chi connectivity index (χ4n) is 0.469. The lowest BCUT2D eigenvalue weighted by Crippen LogP contribution is -2.08. The maximum atomic E-state index is 5.27. The molecule has 0 aliphatic heterocycles. The van der Waals surface area contributed by atoms with Crippen LogP contribution in [0.15, 0.2) is 18.2 Å². The Balaban J connectivity index is 3.08. The van der Waals surface area contributed by atoms with Crippen LogP contribution in [0.1, 0.15) is 0 Å². The van der Waals surface area contributed by atoms with Crippen molar-refractivity contribution in [3.8, 4) is 0 Å². The summed E-state index contributed by atoms with van der Waals surface area (Å²) in [6.45, 7) is 0. The molecular weight excluding hydrogens is 98.9 g/mol. The highest BCUT2D eigenvalue weighted by Gasteiger charge is 1.82. The third-order valence-corrected chi connectivity index (χ3v) is 0.792. The summed E-state index contributed by atoms with van der Waals surface area (Å²) in [5, 5.41) is 0. The highest BCUT2D eigenvalue weighted by molar-refractivity contribution is 6.30. The third-order valence-electron chi connectivity index (χ3n) is 0.792. The summed E-state index contributed by atoms with van der Waals surface area (Å²) in [6, 6.07) is 5.14. The van der Waals surface area contributed by atoms with Crippen molar-refractivity contribution in [2.75, 3.05) is 5.73 Å². The van der Waals surface area contributed by atoms with Gasteiger partial charge in [-0.25, -0.2) is 4.98 Å². The molecule has 0 aliphatic rings. The SMILES string of the molecule is [B]c1cccc(N)n1. The molecule has 0 atom stereocenters. The lowest BCUT2D eigenvalue weighted by molar-refractivity contribution is 1.39. The van der Waals surface area contributed by atoms with Crippen LogP contribution < -0.4 is 11.3 Å². The maximum Gasteiger partial charge on any atom is 0.141 e. The smallest absolute Gasteiger partial charge is 0.141 e. The Labute approximate surface area is 49.1 Å². The number of nitrogens with zero attached hydrogens (tertiary/aromatic N) is 1. The van der Waals surface area contributed by atoms with Gasteiger partial charge < -0.3 is 5.73 Å². The molecule has 0 bridgehead atoms. The molecule has 0 amide bonds. The molecule has 2 radical (unpaired) electrons. The second kappa shape index (κ2) is 1.86. The van der Waals surface area contributed by atoms with E-state index in [1.54, 1.807) is 18.2 Å². The Morgan fingerprint density at radius 2 is 2.25 bits per heavy atom. The van der Waals surface area contributed by atoms with Crippen LogP contribution >= 0.6 is 0 Å². The van der Waals surface area contributed by atoms with Crippen molar-refractivity contribution in [1.29, 1.82) is 0 Å². The second-order valence-electron chi connectivity index (χ2n) is 1.49. The number of hydrogen-bond donors (Lipinski definition) is 1. The molecule has 0 fully saturated rings. The highest BCUT2D eigenvalue weighted by atomic mass is 14.8. The van der Waals surface area contributed by atoms with Crippen molar-refractivity contribution in [3.63, 3.8) is 0 Å². The van der Waals surface area contributed by atoms with Gasteiger partial charge in [-0.2, -0.15) is 0 Å². The topological polar surface area (TPSA) is 38.9 Å². The normalized spacial score (nSPS) is 9.00. The number of nitrogen functional groups attached to an aromatic ring is 1. The summed E-state index contributed by atoms with van der Waals surface area (Å²) in [7, 11) is 5.27. The number of hydrogen-bond acceptors (Lipinski definition) is 2. The van der Waals surface area contributed by atoms with Crippen LogP contribution in [0.4, 0.5) is 5.82 Å². The zero-order chi connectivity index (χ0) is 5.98. The van der Waals surface area contributed by atoms with Crippen LogP contribution in [0, 0.1) is 0 Å². The lowest BCUT2D eigenvalue weighted by Gasteiger charge is -1.90. The number of pyridine rings is 1. The molecule has 0 saturated carbocycles. The predicted octanol–water partition coefficient (Wildman–Crippen LogP) is -0.542. The van der Waals surface area contributed by atoms with Gasteiger partial charge in [0.15, 0.2) is 0 Å². The monoisotopic (exact) mass is 104 g/mol. The van der Waals surface area contributed by atoms with Crippen LogP contribution in [0.3, 0.4) is 0 Å². The van der Waals surface area contributed by atoms with E-state index in [-0.39, 0.29) is 0 Å². The van der Waals surface area contributed by atoms with Gasteiger partial charge in [0.1, 0.15) is 13.7 Å². The summed E-state index contributed by atoms with van der Waals surface area (Å²) < 4.78 is 0. The molecule has 1 heterocycles. The zero-order valence-corrected chi connectivity index (χ0v) is 4.33. The van der Waals surface area contributed by atoms with Crippen molar-refractivity contribution in [2.24, 2.45) is 0 Å². The quantitative estimate of drug-likeness (QED) is 0.449. The van der Waals surface area contributed by atoms with E-state index in [0.717, 1.165) is 0 Å². The van der Waals surface area contributed by atoms with E-state index in [0.29, 0.717) is 11.4 Å². The first kappa shape index (κ1) is 5.16. The first-order valence-electron chi connectivity index (χ1n) is 2.27. The van der Waals surface area contributed by atoms with E-state index in [2.05, 4.69) is 4.98 Å². The van der Waals surface area contributed by atoms with Gasteiger partial charge in [0.25, 0.3) is 0 Å². The molecule has 0 saturated heterocycles. The summed E-state index contributed by atoms with van der Waals surface area (Å²) in [6.07, 6.45) is 0. The van der Waals surface area contributed by atoms with Crippen LogP contribution in [-0.4, -0.2) is 12.8 Å². The summed E-state index contributed by atoms with van der Waals surface area (Å²) in [5.74, 6) is 0.463. The molecular formula is C5H5BN2. The van der Waals surface area contributed by atoms with Crippen molar-refractivity contribution >= 4 is 19.3 Å². The molecule has 0 spiro atoms. The van der Waals surface area contributed by atoms with Crippen LogP contribution in [0.25, 0.3) is 0 Å². The van der Waals surface area contributed by atoms with Gasteiger partial charge in [-0.3, -0.25) is 0 Å². The fourth-order valence-corrected chi connectivity index (χ4v) is 0.469. The number of anilines is 1. The molecule has 2 nitrogen and oxygen atoms in total. The predicted molar refractivity (Wildman–Crippen MR) is 34.0 cm³/mol. The molecule has 0 aliphatic carbocycles. The van der Waals surface area contributed by atoms with Crippen molar-refractivity contribution < 1.29 is 0 Å². The first-order valence-corrected chi connectivity index (χ1v) is 2.27. The molecule has 8 heavy (non-hydrogen) atoms. The number of aromatic nitrogens is 1. The molecule has 38 valence electrons. The molecule has 3 heteroatoms. The average Bonchev–Trinajstić information content (AvgIpc) is 1.64. The molecule has 0 aromatic carbocycles. The Morgan fingerprint density at radius 1 is 1.50 bits per heavy atom. The first-order chi connectivity index (χ1) is 3.79. The maximum absolute atomic E-state index is 5.27. The van der Waals surface area contributed by atoms with Crippen molar-refractivity contribution in [2.45, 2.75) is 0 Å². The van der Waals surface area contributed by atoms with Gasteiger partial charge in [-0.05, 0) is 11.7 Å². The standard InChI is InChI=1S/C5H5BN2/c6-4-2-1-3-5(7)8-4/h1-3H,(H2,7,8). The third kappa shape index (κ3) is 0.995. The minimum absolute atomic E-state index is 0.463. The van der Waals surface area contributed by atoms with E-state index in [4.69, 9.17) is 13.6 Å². The van der Waals surface area contributed by atoms with Crippen molar-refractivity contribution in [3.05, 3.63) is 18.2 Å². The zero-order valence-electron chi connectivity index (χ0n) is 4.33. The Morgan fingerprint density at radius 3 is 2.62 bits per heavy atom. The highest BCUT2D eigenvalue weighted by Crippen LogP contribution is 1.87. The minimum Gasteiger partial charge on any atom is -0.384 e. The Bertz CT molecular complexity index is 170. The van der Waals surface area contributed by atoms with Gasteiger partial charge in [0.05, 0.1) is 0 Å². The Hall–Kier alpha value is -0.985. The summed E-state index contributed by atoms with van der Waals surface area (Å²) >= 11 is 0. The molecule has 1 aromatic heterocycles. The molecule has 1 rings (SSSR count). The van der Waals surface area contributed by atoms with E-state index < -0.39 is 0 Å². The minimum atomic E-state index is 0.463. The van der Waals surface area contributed by atoms with Gasteiger partial charge in [-0.1, -0.05) is 12.1 Å². The molecule has 2 N–H and O–H groups in total. The molecule has 0 unspecified atom stereocenters. The van der Waals surface area contributed by atoms with Gasteiger partial charge in [-0.15, -0.1) is 0 Å². The van der Waals surface area contributed by atoms with Crippen LogP contribution in [-0.2, 0) is 0 Å². The van der Waals surface area contributed by atoms with Gasteiger partial charge in [0, 0.05) is 0 Å². The van der Waals surface area contributed by atoms with Gasteiger partial charge >= 0.3 is 0 Å². The second-order valence-corrected chi connectivity index (χ2v) is 1.49. The van der Waals surface area contributed by atoms with E-state index in [1.807, 2.05) is 0 Å². The number of nitrogens with two attached hydrogens (primary N) is 1. The van der Waals surface area contributed by atoms with Gasteiger partial charge in [0.2, 0.25) is 0 Å². The van der Waals surface area contributed by atoms with Crippen molar-refractivity contribution in [1.82, 2.24) is 4.98 Å². The van der Waals surface area contributed by atoms with Crippen LogP contribution in [0.2, 0.25) is 0 Å². The molecule has 1 aromatic rings. The average molecular weight is 104 g/mol. The summed E-state index contributed by atoms with van der Waals surface area (Å²) in [4.78, 5) is 3.73. The number of rotatable bonds is 0. The lowest BCUT2D eigenvalue weighted by atomic mass is 10.0. The Kier molecular flexibility index (Phi) is 1.20.